The molecular formula is C18H25N3. The Labute approximate surface area is 127 Å². The first-order chi connectivity index (χ1) is 10.3. The monoisotopic (exact) mass is 283 g/mol. The van der Waals surface area contributed by atoms with Crippen molar-refractivity contribution in [3.63, 3.8) is 0 Å². The number of aromatic nitrogens is 1. The lowest BCUT2D eigenvalue weighted by Crippen LogP contribution is -2.27. The van der Waals surface area contributed by atoms with Crippen molar-refractivity contribution >= 4 is 5.82 Å². The Morgan fingerprint density at radius 2 is 2.00 bits per heavy atom. The van der Waals surface area contributed by atoms with E-state index in [2.05, 4.69) is 24.4 Å². The third-order valence-corrected chi connectivity index (χ3v) is 5.19. The van der Waals surface area contributed by atoms with Gasteiger partial charge in [0.05, 0.1) is 5.56 Å². The molecule has 112 valence electrons. The van der Waals surface area contributed by atoms with Crippen molar-refractivity contribution in [1.29, 1.82) is 5.26 Å². The summed E-state index contributed by atoms with van der Waals surface area (Å²) in [5.41, 5.74) is 3.23. The van der Waals surface area contributed by atoms with Crippen LogP contribution in [-0.4, -0.2) is 11.0 Å². The third-order valence-electron chi connectivity index (χ3n) is 5.19. The molecular weight excluding hydrogens is 258 g/mol. The van der Waals surface area contributed by atoms with Gasteiger partial charge in [0.15, 0.2) is 0 Å². The van der Waals surface area contributed by atoms with E-state index in [1.165, 1.54) is 56.2 Å². The number of nitrogens with zero attached hydrogens (tertiary/aromatic N) is 2. The number of rotatable bonds is 3. The van der Waals surface area contributed by atoms with Crippen LogP contribution in [0.25, 0.3) is 0 Å². The predicted molar refractivity (Wildman–Crippen MR) is 85.3 cm³/mol. The van der Waals surface area contributed by atoms with E-state index in [9.17, 15) is 5.26 Å². The van der Waals surface area contributed by atoms with Gasteiger partial charge in [-0.25, -0.2) is 4.98 Å². The molecule has 0 radical (unpaired) electrons. The number of anilines is 1. The van der Waals surface area contributed by atoms with E-state index in [0.29, 0.717) is 6.04 Å². The average Bonchev–Trinajstić information content (AvgIpc) is 2.55. The molecule has 1 saturated carbocycles. The molecule has 1 aromatic heterocycles. The van der Waals surface area contributed by atoms with Gasteiger partial charge < -0.3 is 5.32 Å². The summed E-state index contributed by atoms with van der Waals surface area (Å²) in [5, 5.41) is 13.0. The van der Waals surface area contributed by atoms with Crippen molar-refractivity contribution in [2.45, 2.75) is 70.8 Å². The number of hydrogen-bond acceptors (Lipinski definition) is 3. The third kappa shape index (κ3) is 3.20. The van der Waals surface area contributed by atoms with Crippen LogP contribution >= 0.6 is 0 Å². The van der Waals surface area contributed by atoms with Gasteiger partial charge in [-0.15, -0.1) is 0 Å². The Hall–Kier alpha value is -1.56. The van der Waals surface area contributed by atoms with Crippen LogP contribution in [0.15, 0.2) is 6.07 Å². The van der Waals surface area contributed by atoms with Crippen molar-refractivity contribution < 1.29 is 0 Å². The van der Waals surface area contributed by atoms with Crippen molar-refractivity contribution in [1.82, 2.24) is 4.98 Å². The Morgan fingerprint density at radius 1 is 1.24 bits per heavy atom. The summed E-state index contributed by atoms with van der Waals surface area (Å²) in [6.07, 6.45) is 10.9. The van der Waals surface area contributed by atoms with E-state index in [4.69, 9.17) is 4.98 Å². The molecule has 2 aliphatic carbocycles. The highest BCUT2D eigenvalue weighted by atomic mass is 15.0. The molecule has 0 unspecified atom stereocenters. The molecule has 1 aromatic rings. The molecule has 3 nitrogen and oxygen atoms in total. The molecule has 3 heteroatoms. The van der Waals surface area contributed by atoms with Crippen molar-refractivity contribution in [2.75, 3.05) is 5.32 Å². The molecule has 0 saturated heterocycles. The van der Waals surface area contributed by atoms with Gasteiger partial charge in [0, 0.05) is 11.7 Å². The molecule has 1 heterocycles. The second-order valence-electron chi connectivity index (χ2n) is 6.58. The first-order valence-corrected chi connectivity index (χ1v) is 8.49. The normalized spacial score (nSPS) is 25.0. The van der Waals surface area contributed by atoms with Gasteiger partial charge in [-0.2, -0.15) is 5.26 Å². The summed E-state index contributed by atoms with van der Waals surface area (Å²) >= 11 is 0. The quantitative estimate of drug-likeness (QED) is 0.903. The van der Waals surface area contributed by atoms with Gasteiger partial charge in [0.1, 0.15) is 11.9 Å². The largest absolute Gasteiger partial charge is 0.366 e. The zero-order valence-electron chi connectivity index (χ0n) is 13.0. The molecule has 0 bridgehead atoms. The minimum absolute atomic E-state index is 0.494. The average molecular weight is 283 g/mol. The summed E-state index contributed by atoms with van der Waals surface area (Å²) in [5.74, 6) is 1.73. The Morgan fingerprint density at radius 3 is 2.71 bits per heavy atom. The lowest BCUT2D eigenvalue weighted by molar-refractivity contribution is 0.330. The van der Waals surface area contributed by atoms with E-state index in [-0.39, 0.29) is 0 Å². The van der Waals surface area contributed by atoms with Crippen molar-refractivity contribution in [2.24, 2.45) is 5.92 Å². The SMILES string of the molecule is CCC1CCC(Nc2nc3c(cc2C#N)CCCC3)CC1. The summed E-state index contributed by atoms with van der Waals surface area (Å²) in [6, 6.07) is 4.90. The van der Waals surface area contributed by atoms with Crippen LogP contribution in [0.1, 0.15) is 68.7 Å². The molecule has 1 fully saturated rings. The molecule has 0 atom stereocenters. The van der Waals surface area contributed by atoms with Crippen LogP contribution in [0.3, 0.4) is 0 Å². The molecule has 0 spiro atoms. The predicted octanol–water partition coefficient (Wildman–Crippen LogP) is 4.21. The maximum atomic E-state index is 9.40. The van der Waals surface area contributed by atoms with Gasteiger partial charge in [-0.3, -0.25) is 0 Å². The van der Waals surface area contributed by atoms with Gasteiger partial charge in [-0.05, 0) is 68.9 Å². The Kier molecular flexibility index (Phi) is 4.43. The number of aryl methyl sites for hydroxylation is 2. The van der Waals surface area contributed by atoms with Gasteiger partial charge in [0.25, 0.3) is 0 Å². The number of hydrogen-bond donors (Lipinski definition) is 1. The second-order valence-corrected chi connectivity index (χ2v) is 6.58. The zero-order chi connectivity index (χ0) is 14.7. The second kappa shape index (κ2) is 6.47. The highest BCUT2D eigenvalue weighted by Gasteiger charge is 2.22. The molecule has 0 amide bonds. The first-order valence-electron chi connectivity index (χ1n) is 8.49. The van der Waals surface area contributed by atoms with Crippen molar-refractivity contribution in [3.8, 4) is 6.07 Å². The number of nitrogens with one attached hydrogen (secondary N) is 1. The van der Waals surface area contributed by atoms with Crippen LogP contribution in [0.5, 0.6) is 0 Å². The van der Waals surface area contributed by atoms with E-state index in [1.807, 2.05) is 0 Å². The van der Waals surface area contributed by atoms with Crippen LogP contribution in [0, 0.1) is 17.2 Å². The van der Waals surface area contributed by atoms with Gasteiger partial charge in [0.2, 0.25) is 0 Å². The fraction of sp³-hybridized carbons (Fsp3) is 0.667. The smallest absolute Gasteiger partial charge is 0.144 e. The lowest BCUT2D eigenvalue weighted by atomic mass is 9.84. The highest BCUT2D eigenvalue weighted by molar-refractivity contribution is 5.55. The molecule has 21 heavy (non-hydrogen) atoms. The zero-order valence-corrected chi connectivity index (χ0v) is 13.0. The standard InChI is InChI=1S/C18H25N3/c1-2-13-7-9-16(10-8-13)20-18-15(12-19)11-14-5-3-4-6-17(14)21-18/h11,13,16H,2-10H2,1H3,(H,20,21). The topological polar surface area (TPSA) is 48.7 Å². The van der Waals surface area contributed by atoms with Crippen molar-refractivity contribution in [3.05, 3.63) is 22.9 Å². The minimum Gasteiger partial charge on any atom is -0.366 e. The molecule has 2 aliphatic rings. The van der Waals surface area contributed by atoms with Crippen LogP contribution < -0.4 is 5.32 Å². The maximum Gasteiger partial charge on any atom is 0.144 e. The summed E-state index contributed by atoms with van der Waals surface area (Å²) in [7, 11) is 0. The van der Waals surface area contributed by atoms with Crippen LogP contribution in [-0.2, 0) is 12.8 Å². The number of pyridine rings is 1. The van der Waals surface area contributed by atoms with Crippen LogP contribution in [0.2, 0.25) is 0 Å². The van der Waals surface area contributed by atoms with Gasteiger partial charge >= 0.3 is 0 Å². The van der Waals surface area contributed by atoms with E-state index in [0.717, 1.165) is 30.1 Å². The van der Waals surface area contributed by atoms with Crippen LogP contribution in [0.4, 0.5) is 5.82 Å². The minimum atomic E-state index is 0.494. The molecule has 0 aromatic carbocycles. The molecule has 3 rings (SSSR count). The fourth-order valence-corrected chi connectivity index (χ4v) is 3.74. The Balaban J connectivity index is 1.74. The summed E-state index contributed by atoms with van der Waals surface area (Å²) in [4.78, 5) is 4.78. The molecule has 1 N–H and O–H groups in total. The summed E-state index contributed by atoms with van der Waals surface area (Å²) < 4.78 is 0. The first kappa shape index (κ1) is 14.4. The number of nitriles is 1. The fourth-order valence-electron chi connectivity index (χ4n) is 3.74. The molecule has 0 aliphatic heterocycles. The van der Waals surface area contributed by atoms with Gasteiger partial charge in [-0.1, -0.05) is 13.3 Å². The summed E-state index contributed by atoms with van der Waals surface area (Å²) in [6.45, 7) is 2.29. The van der Waals surface area contributed by atoms with E-state index < -0.39 is 0 Å². The maximum absolute atomic E-state index is 9.40. The number of fused-ring (bicyclic) bond motifs is 1. The Bertz CT molecular complexity index is 536. The van der Waals surface area contributed by atoms with E-state index in [1.54, 1.807) is 0 Å². The van der Waals surface area contributed by atoms with E-state index >= 15 is 0 Å². The highest BCUT2D eigenvalue weighted by Crippen LogP contribution is 2.30. The lowest BCUT2D eigenvalue weighted by Gasteiger charge is -2.29.